The van der Waals surface area contributed by atoms with Crippen molar-refractivity contribution in [3.05, 3.63) is 6.20 Å². The zero-order chi connectivity index (χ0) is 11.1. The average molecular weight is 228 g/mol. The number of urea groups is 1. The maximum absolute atomic E-state index is 11.7. The molecule has 0 aliphatic rings. The highest BCUT2D eigenvalue weighted by Gasteiger charge is 2.11. The van der Waals surface area contributed by atoms with Gasteiger partial charge in [0.05, 0.1) is 6.20 Å². The number of carbonyl (C=O) groups is 1. The number of amides is 2. The summed E-state index contributed by atoms with van der Waals surface area (Å²) < 4.78 is 3.68. The van der Waals surface area contributed by atoms with Crippen LogP contribution in [0.2, 0.25) is 0 Å². The fourth-order valence-corrected chi connectivity index (χ4v) is 1.57. The lowest BCUT2D eigenvalue weighted by Gasteiger charge is -2.20. The monoisotopic (exact) mass is 228 g/mol. The maximum Gasteiger partial charge on any atom is 0.322 e. The van der Waals surface area contributed by atoms with E-state index >= 15 is 0 Å². The van der Waals surface area contributed by atoms with E-state index in [1.165, 1.54) is 11.5 Å². The third-order valence-electron chi connectivity index (χ3n) is 2.04. The number of nitrogens with zero attached hydrogens (tertiary/aromatic N) is 3. The zero-order valence-corrected chi connectivity index (χ0v) is 9.88. The number of nitrogens with one attached hydrogen (secondary N) is 1. The topological polar surface area (TPSA) is 58.1 Å². The Labute approximate surface area is 93.6 Å². The van der Waals surface area contributed by atoms with Gasteiger partial charge in [-0.2, -0.15) is 0 Å². The van der Waals surface area contributed by atoms with Crippen LogP contribution in [-0.4, -0.2) is 33.6 Å². The number of aromatic nitrogens is 2. The van der Waals surface area contributed by atoms with Gasteiger partial charge in [0.15, 0.2) is 0 Å². The smallest absolute Gasteiger partial charge is 0.322 e. The quantitative estimate of drug-likeness (QED) is 0.840. The van der Waals surface area contributed by atoms with Crippen molar-refractivity contribution in [2.24, 2.45) is 0 Å². The Morgan fingerprint density at radius 1 is 1.60 bits per heavy atom. The van der Waals surface area contributed by atoms with E-state index in [2.05, 4.69) is 21.8 Å². The first-order chi connectivity index (χ1) is 7.27. The van der Waals surface area contributed by atoms with E-state index in [1.54, 1.807) is 11.1 Å². The van der Waals surface area contributed by atoms with Crippen LogP contribution in [0.3, 0.4) is 0 Å². The SMILES string of the molecule is CCCCN(CC)C(=O)Nc1cnns1. The van der Waals surface area contributed by atoms with Crippen LogP contribution in [0.4, 0.5) is 9.80 Å². The normalized spacial score (nSPS) is 10.0. The Bertz CT molecular complexity index is 288. The summed E-state index contributed by atoms with van der Waals surface area (Å²) in [5.74, 6) is 0. The molecule has 0 saturated heterocycles. The molecular weight excluding hydrogens is 212 g/mol. The van der Waals surface area contributed by atoms with E-state index in [9.17, 15) is 4.79 Å². The lowest BCUT2D eigenvalue weighted by Crippen LogP contribution is -2.35. The van der Waals surface area contributed by atoms with Gasteiger partial charge < -0.3 is 4.90 Å². The Hall–Kier alpha value is -1.17. The van der Waals surface area contributed by atoms with Gasteiger partial charge >= 0.3 is 6.03 Å². The van der Waals surface area contributed by atoms with Crippen LogP contribution in [0, 0.1) is 0 Å². The standard InChI is InChI=1S/C9H16N4OS/c1-3-5-6-13(4-2)9(14)11-8-7-10-12-15-8/h7H,3-6H2,1-2H3,(H,11,14). The molecule has 6 heteroatoms. The van der Waals surface area contributed by atoms with Crippen molar-refractivity contribution < 1.29 is 4.79 Å². The number of rotatable bonds is 5. The number of anilines is 1. The van der Waals surface area contributed by atoms with Crippen LogP contribution >= 0.6 is 11.5 Å². The van der Waals surface area contributed by atoms with Crippen molar-refractivity contribution in [3.8, 4) is 0 Å². The summed E-state index contributed by atoms with van der Waals surface area (Å²) in [6.45, 7) is 5.60. The van der Waals surface area contributed by atoms with E-state index in [0.29, 0.717) is 5.00 Å². The second kappa shape index (κ2) is 6.34. The molecule has 0 unspecified atom stereocenters. The molecular formula is C9H16N4OS. The van der Waals surface area contributed by atoms with Gasteiger partial charge in [-0.3, -0.25) is 5.32 Å². The lowest BCUT2D eigenvalue weighted by atomic mass is 10.3. The summed E-state index contributed by atoms with van der Waals surface area (Å²) in [6, 6.07) is -0.0722. The highest BCUT2D eigenvalue weighted by atomic mass is 32.1. The van der Waals surface area contributed by atoms with Crippen LogP contribution in [0.25, 0.3) is 0 Å². The Kier molecular flexibility index (Phi) is 5.03. The fourth-order valence-electron chi connectivity index (χ4n) is 1.16. The van der Waals surface area contributed by atoms with E-state index in [4.69, 9.17) is 0 Å². The van der Waals surface area contributed by atoms with Gasteiger partial charge in [0.2, 0.25) is 0 Å². The summed E-state index contributed by atoms with van der Waals surface area (Å²) >= 11 is 1.18. The molecule has 0 spiro atoms. The lowest BCUT2D eigenvalue weighted by molar-refractivity contribution is 0.213. The Morgan fingerprint density at radius 2 is 2.40 bits per heavy atom. The van der Waals surface area contributed by atoms with E-state index in [0.717, 1.165) is 25.9 Å². The molecule has 1 rings (SSSR count). The van der Waals surface area contributed by atoms with Crippen LogP contribution < -0.4 is 5.32 Å². The van der Waals surface area contributed by atoms with E-state index < -0.39 is 0 Å². The summed E-state index contributed by atoms with van der Waals surface area (Å²) in [5, 5.41) is 7.11. The van der Waals surface area contributed by atoms with Gasteiger partial charge in [0.1, 0.15) is 5.00 Å². The molecule has 0 fully saturated rings. The second-order valence-electron chi connectivity index (χ2n) is 3.15. The van der Waals surface area contributed by atoms with E-state index in [-0.39, 0.29) is 6.03 Å². The molecule has 1 aromatic rings. The highest BCUT2D eigenvalue weighted by Crippen LogP contribution is 2.10. The summed E-state index contributed by atoms with van der Waals surface area (Å²) in [6.07, 6.45) is 3.67. The molecule has 15 heavy (non-hydrogen) atoms. The van der Waals surface area contributed by atoms with Crippen molar-refractivity contribution >= 4 is 22.6 Å². The predicted molar refractivity (Wildman–Crippen MR) is 61.1 cm³/mol. The van der Waals surface area contributed by atoms with Gasteiger partial charge in [-0.1, -0.05) is 17.8 Å². The van der Waals surface area contributed by atoms with Crippen LogP contribution in [0.5, 0.6) is 0 Å². The minimum atomic E-state index is -0.0722. The molecule has 0 saturated carbocycles. The molecule has 1 heterocycles. The van der Waals surface area contributed by atoms with Crippen molar-refractivity contribution in [2.75, 3.05) is 18.4 Å². The molecule has 0 aliphatic carbocycles. The summed E-state index contributed by atoms with van der Waals surface area (Å²) in [5.41, 5.74) is 0. The van der Waals surface area contributed by atoms with Gasteiger partial charge in [-0.15, -0.1) is 5.10 Å². The van der Waals surface area contributed by atoms with Crippen molar-refractivity contribution in [1.82, 2.24) is 14.5 Å². The molecule has 2 amide bonds. The van der Waals surface area contributed by atoms with Gasteiger partial charge in [0, 0.05) is 24.6 Å². The predicted octanol–water partition coefficient (Wildman–Crippen LogP) is 2.19. The molecule has 1 aromatic heterocycles. The van der Waals surface area contributed by atoms with Crippen LogP contribution in [0.15, 0.2) is 6.20 Å². The Balaban J connectivity index is 2.43. The number of unbranched alkanes of at least 4 members (excludes halogenated alkanes) is 1. The van der Waals surface area contributed by atoms with Crippen molar-refractivity contribution in [1.29, 1.82) is 0 Å². The van der Waals surface area contributed by atoms with Gasteiger partial charge in [-0.25, -0.2) is 4.79 Å². The number of carbonyl (C=O) groups excluding carboxylic acids is 1. The molecule has 84 valence electrons. The number of hydrogen-bond donors (Lipinski definition) is 1. The average Bonchev–Trinajstić information content (AvgIpc) is 2.71. The fraction of sp³-hybridized carbons (Fsp3) is 0.667. The minimum Gasteiger partial charge on any atom is -0.325 e. The first kappa shape index (κ1) is 11.9. The molecule has 0 aromatic carbocycles. The molecule has 5 nitrogen and oxygen atoms in total. The maximum atomic E-state index is 11.7. The third-order valence-corrected chi connectivity index (χ3v) is 2.62. The van der Waals surface area contributed by atoms with Crippen LogP contribution in [-0.2, 0) is 0 Å². The molecule has 0 radical (unpaired) electrons. The first-order valence-corrected chi connectivity index (χ1v) is 5.88. The molecule has 0 aliphatic heterocycles. The summed E-state index contributed by atoms with van der Waals surface area (Å²) in [4.78, 5) is 13.5. The zero-order valence-electron chi connectivity index (χ0n) is 9.06. The molecule has 1 N–H and O–H groups in total. The molecule has 0 bridgehead atoms. The van der Waals surface area contributed by atoms with Gasteiger partial charge in [0.25, 0.3) is 0 Å². The molecule has 0 atom stereocenters. The van der Waals surface area contributed by atoms with Gasteiger partial charge in [-0.05, 0) is 13.3 Å². The van der Waals surface area contributed by atoms with Crippen molar-refractivity contribution in [3.63, 3.8) is 0 Å². The number of hydrogen-bond acceptors (Lipinski definition) is 4. The van der Waals surface area contributed by atoms with E-state index in [1.807, 2.05) is 6.92 Å². The largest absolute Gasteiger partial charge is 0.325 e. The Morgan fingerprint density at radius 3 is 2.93 bits per heavy atom. The third kappa shape index (κ3) is 3.83. The second-order valence-corrected chi connectivity index (χ2v) is 3.93. The summed E-state index contributed by atoms with van der Waals surface area (Å²) in [7, 11) is 0. The minimum absolute atomic E-state index is 0.0722. The van der Waals surface area contributed by atoms with Crippen molar-refractivity contribution in [2.45, 2.75) is 26.7 Å². The first-order valence-electron chi connectivity index (χ1n) is 5.11. The van der Waals surface area contributed by atoms with Crippen LogP contribution in [0.1, 0.15) is 26.7 Å². The highest BCUT2D eigenvalue weighted by molar-refractivity contribution is 7.10.